The Kier molecular flexibility index (Phi) is 9.44. The maximum Gasteiger partial charge on any atom is 0.405 e. The average molecular weight is 579 g/mol. The third kappa shape index (κ3) is 6.63. The fraction of sp³-hybridized carbons (Fsp3) is 0.714. The van der Waals surface area contributed by atoms with Gasteiger partial charge in [-0.15, -0.1) is 0 Å². The lowest BCUT2D eigenvalue weighted by Crippen LogP contribution is -2.44. The Labute approximate surface area is 223 Å². The van der Waals surface area contributed by atoms with E-state index in [2.05, 4.69) is 20.0 Å². The van der Waals surface area contributed by atoms with E-state index in [4.69, 9.17) is 19.5 Å². The first-order chi connectivity index (χ1) is 17.6. The molecule has 0 bridgehead atoms. The van der Waals surface area contributed by atoms with Gasteiger partial charge in [-0.3, -0.25) is 28.2 Å². The van der Waals surface area contributed by atoms with E-state index in [-0.39, 0.29) is 47.2 Å². The number of imidazole rings is 1. The van der Waals surface area contributed by atoms with Crippen LogP contribution in [-0.4, -0.2) is 89.4 Å². The third-order valence-electron chi connectivity index (χ3n) is 5.81. The molecule has 0 radical (unpaired) electrons. The van der Waals surface area contributed by atoms with Gasteiger partial charge in [-0.25, -0.2) is 14.6 Å². The standard InChI is InChI=1S/C21H35N6O9PS/c1-11(2)26-37(33,34-6-7-38-18(31)20(3,4)9-28)35-8-12-14(29)21(5,32)17(36-12)27-10-23-13-15(27)24-19(22)25-16(13)30/h10-12,14,17,28-29,32H,6-9H2,1-5H3,(H,26,33)(H3,22,24,25,30)/t12-,14-,17-,21-,37?/m0/s1. The molecule has 3 heterocycles. The van der Waals surface area contributed by atoms with Gasteiger partial charge in [-0.05, 0) is 34.6 Å². The van der Waals surface area contributed by atoms with Crippen molar-refractivity contribution < 1.29 is 38.5 Å². The van der Waals surface area contributed by atoms with Crippen LogP contribution in [0.15, 0.2) is 11.1 Å². The quantitative estimate of drug-likeness (QED) is 0.145. The van der Waals surface area contributed by atoms with Crippen LogP contribution in [0.3, 0.4) is 0 Å². The Morgan fingerprint density at radius 2 is 2.13 bits per heavy atom. The first kappa shape index (κ1) is 30.7. The second kappa shape index (κ2) is 11.7. The molecule has 1 unspecified atom stereocenters. The van der Waals surface area contributed by atoms with Crippen LogP contribution < -0.4 is 16.4 Å². The molecular formula is C21H35N6O9PS. The number of anilines is 1. The van der Waals surface area contributed by atoms with Crippen LogP contribution in [0.5, 0.6) is 0 Å². The van der Waals surface area contributed by atoms with Crippen molar-refractivity contribution in [2.45, 2.75) is 64.7 Å². The number of aromatic nitrogens is 4. The number of ether oxygens (including phenoxy) is 1. The normalized spacial score (nSPS) is 25.8. The lowest BCUT2D eigenvalue weighted by Gasteiger charge is -2.27. The van der Waals surface area contributed by atoms with Crippen molar-refractivity contribution in [1.82, 2.24) is 24.6 Å². The van der Waals surface area contributed by atoms with E-state index in [1.54, 1.807) is 27.7 Å². The van der Waals surface area contributed by atoms with E-state index in [1.165, 1.54) is 17.8 Å². The van der Waals surface area contributed by atoms with Gasteiger partial charge in [0.25, 0.3) is 5.56 Å². The number of nitrogens with one attached hydrogen (secondary N) is 2. The smallest absolute Gasteiger partial charge is 0.395 e. The molecule has 38 heavy (non-hydrogen) atoms. The Hall–Kier alpha value is -1.88. The van der Waals surface area contributed by atoms with Crippen molar-refractivity contribution in [3.63, 3.8) is 0 Å². The minimum Gasteiger partial charge on any atom is -0.395 e. The molecule has 0 amide bonds. The highest BCUT2D eigenvalue weighted by Crippen LogP contribution is 2.47. The molecule has 1 fully saturated rings. The van der Waals surface area contributed by atoms with Gasteiger partial charge in [0, 0.05) is 11.8 Å². The summed E-state index contributed by atoms with van der Waals surface area (Å²) in [6, 6.07) is -0.305. The Morgan fingerprint density at radius 3 is 2.76 bits per heavy atom. The van der Waals surface area contributed by atoms with E-state index in [0.717, 1.165) is 11.8 Å². The van der Waals surface area contributed by atoms with Gasteiger partial charge in [0.05, 0.1) is 31.6 Å². The molecule has 5 atom stereocenters. The topological polar surface area (TPSA) is 224 Å². The van der Waals surface area contributed by atoms with Crippen molar-refractivity contribution in [2.24, 2.45) is 5.41 Å². The summed E-state index contributed by atoms with van der Waals surface area (Å²) in [6.45, 7) is 7.17. The number of hydrogen-bond acceptors (Lipinski definition) is 13. The number of aliphatic hydroxyl groups excluding tert-OH is 2. The largest absolute Gasteiger partial charge is 0.405 e. The Bertz CT molecular complexity index is 1250. The number of nitrogens with two attached hydrogens (primary N) is 1. The van der Waals surface area contributed by atoms with E-state index in [0.29, 0.717) is 0 Å². The second-order valence-electron chi connectivity index (χ2n) is 10.1. The molecule has 214 valence electrons. The molecule has 2 aromatic heterocycles. The molecule has 15 nitrogen and oxygen atoms in total. The van der Waals surface area contributed by atoms with Gasteiger partial charge in [-0.1, -0.05) is 11.8 Å². The van der Waals surface area contributed by atoms with Crippen LogP contribution in [0.2, 0.25) is 0 Å². The summed E-state index contributed by atoms with van der Waals surface area (Å²) in [5.74, 6) is -0.00233. The van der Waals surface area contributed by atoms with E-state index in [9.17, 15) is 29.5 Å². The molecule has 17 heteroatoms. The molecule has 1 aliphatic heterocycles. The van der Waals surface area contributed by atoms with Gasteiger partial charge in [-0.2, -0.15) is 4.98 Å². The molecule has 0 saturated carbocycles. The van der Waals surface area contributed by atoms with Gasteiger partial charge >= 0.3 is 7.75 Å². The number of nitrogen functional groups attached to an aromatic ring is 1. The maximum absolute atomic E-state index is 13.3. The van der Waals surface area contributed by atoms with Crippen molar-refractivity contribution in [3.8, 4) is 0 Å². The van der Waals surface area contributed by atoms with E-state index in [1.807, 2.05) is 0 Å². The van der Waals surface area contributed by atoms with Crippen LogP contribution in [0, 0.1) is 5.41 Å². The van der Waals surface area contributed by atoms with E-state index < -0.39 is 49.4 Å². The zero-order chi connectivity index (χ0) is 28.5. The number of thioether (sulfide) groups is 1. The number of rotatable bonds is 12. The van der Waals surface area contributed by atoms with Crippen molar-refractivity contribution in [3.05, 3.63) is 16.7 Å². The number of fused-ring (bicyclic) bond motifs is 1. The zero-order valence-electron chi connectivity index (χ0n) is 21.8. The zero-order valence-corrected chi connectivity index (χ0v) is 23.5. The monoisotopic (exact) mass is 578 g/mol. The van der Waals surface area contributed by atoms with Crippen LogP contribution in [0.1, 0.15) is 40.8 Å². The SMILES string of the molecule is CC(C)NP(=O)(OCCSC(=O)C(C)(C)CO)OC[C@@H]1O[C@H](n2cnc3c(=O)[nH]c(N)nc32)[C@@](C)(O)[C@H]1O. The fourth-order valence-corrected chi connectivity index (χ4v) is 6.11. The Balaban J connectivity index is 1.69. The summed E-state index contributed by atoms with van der Waals surface area (Å²) in [5, 5.41) is 33.7. The van der Waals surface area contributed by atoms with Gasteiger partial charge in [0.2, 0.25) is 5.95 Å². The fourth-order valence-electron chi connectivity index (χ4n) is 3.64. The number of H-pyrrole nitrogens is 1. The predicted molar refractivity (Wildman–Crippen MR) is 139 cm³/mol. The molecule has 7 N–H and O–H groups in total. The molecule has 0 aromatic carbocycles. The maximum atomic E-state index is 13.3. The first-order valence-electron chi connectivity index (χ1n) is 11.8. The number of nitrogens with zero attached hydrogens (tertiary/aromatic N) is 3. The Morgan fingerprint density at radius 1 is 1.45 bits per heavy atom. The molecule has 0 aliphatic carbocycles. The van der Waals surface area contributed by atoms with Crippen LogP contribution in [-0.2, 0) is 23.1 Å². The summed E-state index contributed by atoms with van der Waals surface area (Å²) in [7, 11) is -3.93. The summed E-state index contributed by atoms with van der Waals surface area (Å²) in [6.07, 6.45) is -2.66. The van der Waals surface area contributed by atoms with Gasteiger partial charge in [0.15, 0.2) is 22.5 Å². The summed E-state index contributed by atoms with van der Waals surface area (Å²) in [5.41, 5.74) is 2.26. The van der Waals surface area contributed by atoms with Crippen molar-refractivity contribution >= 4 is 41.7 Å². The van der Waals surface area contributed by atoms with Gasteiger partial charge in [0.1, 0.15) is 17.8 Å². The van der Waals surface area contributed by atoms with Crippen molar-refractivity contribution in [1.29, 1.82) is 0 Å². The minimum atomic E-state index is -3.93. The summed E-state index contributed by atoms with van der Waals surface area (Å²) in [4.78, 5) is 34.7. The number of aliphatic hydroxyl groups is 3. The lowest BCUT2D eigenvalue weighted by molar-refractivity contribution is -0.119. The van der Waals surface area contributed by atoms with E-state index >= 15 is 0 Å². The predicted octanol–water partition coefficient (Wildman–Crippen LogP) is 0.129. The first-order valence-corrected chi connectivity index (χ1v) is 14.4. The summed E-state index contributed by atoms with van der Waals surface area (Å²) >= 11 is 0.939. The van der Waals surface area contributed by atoms with Gasteiger partial charge < -0.3 is 25.8 Å². The summed E-state index contributed by atoms with van der Waals surface area (Å²) < 4.78 is 31.5. The number of carbonyl (C=O) groups excluding carboxylic acids is 1. The van der Waals surface area contributed by atoms with Crippen LogP contribution in [0.4, 0.5) is 5.95 Å². The highest BCUT2D eigenvalue weighted by Gasteiger charge is 2.54. The average Bonchev–Trinajstić information content (AvgIpc) is 3.33. The molecule has 1 saturated heterocycles. The number of hydrogen-bond donors (Lipinski definition) is 6. The highest BCUT2D eigenvalue weighted by atomic mass is 32.2. The number of aromatic amines is 1. The molecule has 0 spiro atoms. The lowest BCUT2D eigenvalue weighted by atomic mass is 9.96. The second-order valence-corrected chi connectivity index (χ2v) is 12.9. The number of carbonyl (C=O) groups is 1. The van der Waals surface area contributed by atoms with Crippen LogP contribution >= 0.6 is 19.5 Å². The highest BCUT2D eigenvalue weighted by molar-refractivity contribution is 8.13. The molecule has 2 aromatic rings. The van der Waals surface area contributed by atoms with Crippen LogP contribution in [0.25, 0.3) is 11.2 Å². The molecule has 3 rings (SSSR count). The molecule has 1 aliphatic rings. The third-order valence-corrected chi connectivity index (χ3v) is 8.84. The minimum absolute atomic E-state index is 0.0365. The van der Waals surface area contributed by atoms with Crippen molar-refractivity contribution in [2.75, 3.05) is 31.3 Å². The molecular weight excluding hydrogens is 543 g/mol.